The average Bonchev–Trinajstić information content (AvgIpc) is 3.01. The average molecular weight is 249 g/mol. The minimum Gasteiger partial charge on any atom is -0.370 e. The van der Waals surface area contributed by atoms with Crippen molar-refractivity contribution in [1.82, 2.24) is 15.1 Å². The highest BCUT2D eigenvalue weighted by atomic mass is 15.4. The van der Waals surface area contributed by atoms with E-state index in [4.69, 9.17) is 5.73 Å². The second-order valence-electron chi connectivity index (χ2n) is 5.93. The van der Waals surface area contributed by atoms with Crippen LogP contribution in [0.2, 0.25) is 0 Å². The van der Waals surface area contributed by atoms with Crippen LogP contribution in [0.3, 0.4) is 0 Å². The molecule has 18 heavy (non-hydrogen) atoms. The van der Waals surface area contributed by atoms with Crippen LogP contribution in [0.4, 0.5) is 5.82 Å². The summed E-state index contributed by atoms with van der Waals surface area (Å²) in [5.41, 5.74) is 6.32. The monoisotopic (exact) mass is 249 g/mol. The van der Waals surface area contributed by atoms with Crippen molar-refractivity contribution in [3.05, 3.63) is 12.3 Å². The summed E-state index contributed by atoms with van der Waals surface area (Å²) < 4.78 is 2.08. The summed E-state index contributed by atoms with van der Waals surface area (Å²) in [7, 11) is 0. The van der Waals surface area contributed by atoms with Crippen LogP contribution in [-0.2, 0) is 0 Å². The number of hydrogen-bond acceptors (Lipinski definition) is 4. The molecule has 4 N–H and O–H groups in total. The Morgan fingerprint density at radius 2 is 2.33 bits per heavy atom. The molecule has 1 aromatic heterocycles. The fraction of sp³-hybridized carbons (Fsp3) is 0.769. The largest absolute Gasteiger partial charge is 0.370 e. The number of rotatable bonds is 6. The van der Waals surface area contributed by atoms with Gasteiger partial charge < -0.3 is 16.4 Å². The molecule has 2 aliphatic rings. The van der Waals surface area contributed by atoms with E-state index in [0.29, 0.717) is 6.04 Å². The first-order chi connectivity index (χ1) is 8.67. The van der Waals surface area contributed by atoms with Crippen molar-refractivity contribution < 1.29 is 0 Å². The highest BCUT2D eigenvalue weighted by Crippen LogP contribution is 2.39. The summed E-state index contributed by atoms with van der Waals surface area (Å²) >= 11 is 0. The van der Waals surface area contributed by atoms with E-state index < -0.39 is 0 Å². The van der Waals surface area contributed by atoms with Gasteiger partial charge >= 0.3 is 0 Å². The van der Waals surface area contributed by atoms with Gasteiger partial charge in [-0.05, 0) is 32.1 Å². The van der Waals surface area contributed by atoms with Crippen molar-refractivity contribution in [2.24, 2.45) is 11.7 Å². The lowest BCUT2D eigenvalue weighted by Gasteiger charge is -2.29. The Morgan fingerprint density at radius 1 is 1.56 bits per heavy atom. The lowest BCUT2D eigenvalue weighted by atomic mass is 9.93. The molecule has 2 fully saturated rings. The predicted octanol–water partition coefficient (Wildman–Crippen LogP) is 0.957. The first kappa shape index (κ1) is 12.0. The van der Waals surface area contributed by atoms with Crippen LogP contribution in [0.15, 0.2) is 12.3 Å². The Labute approximate surface area is 108 Å². The molecule has 1 saturated carbocycles. The van der Waals surface area contributed by atoms with Crippen LogP contribution in [0.25, 0.3) is 0 Å². The van der Waals surface area contributed by atoms with E-state index in [-0.39, 0.29) is 5.54 Å². The van der Waals surface area contributed by atoms with Crippen LogP contribution in [0.5, 0.6) is 0 Å². The summed E-state index contributed by atoms with van der Waals surface area (Å²) in [4.78, 5) is 0. The van der Waals surface area contributed by atoms with Gasteiger partial charge in [-0.3, -0.25) is 0 Å². The summed E-state index contributed by atoms with van der Waals surface area (Å²) in [5.74, 6) is 1.85. The summed E-state index contributed by atoms with van der Waals surface area (Å²) in [5, 5.41) is 11.1. The minimum absolute atomic E-state index is 0.00409. The number of hydrogen-bond donors (Lipinski definition) is 3. The fourth-order valence-electron chi connectivity index (χ4n) is 2.60. The van der Waals surface area contributed by atoms with Gasteiger partial charge in [0.1, 0.15) is 5.82 Å². The van der Waals surface area contributed by atoms with Gasteiger partial charge in [-0.1, -0.05) is 0 Å². The zero-order valence-corrected chi connectivity index (χ0v) is 11.0. The molecule has 5 nitrogen and oxygen atoms in total. The van der Waals surface area contributed by atoms with E-state index in [1.165, 1.54) is 12.8 Å². The zero-order valence-electron chi connectivity index (χ0n) is 11.0. The molecule has 0 radical (unpaired) electrons. The fourth-order valence-corrected chi connectivity index (χ4v) is 2.60. The maximum Gasteiger partial charge on any atom is 0.124 e. The lowest BCUT2D eigenvalue weighted by molar-refractivity contribution is 0.320. The predicted molar refractivity (Wildman–Crippen MR) is 72.6 cm³/mol. The van der Waals surface area contributed by atoms with Gasteiger partial charge in [-0.15, -0.1) is 0 Å². The Balaban J connectivity index is 1.52. The highest BCUT2D eigenvalue weighted by Gasteiger charge is 2.37. The van der Waals surface area contributed by atoms with E-state index in [9.17, 15) is 0 Å². The summed E-state index contributed by atoms with van der Waals surface area (Å²) in [6.07, 6.45) is 5.49. The molecule has 3 rings (SSSR count). The molecule has 0 bridgehead atoms. The first-order valence-corrected chi connectivity index (χ1v) is 6.94. The highest BCUT2D eigenvalue weighted by molar-refractivity contribution is 5.34. The number of nitrogens with two attached hydrogens (primary N) is 1. The topological polar surface area (TPSA) is 67.9 Å². The van der Waals surface area contributed by atoms with E-state index in [0.717, 1.165) is 37.8 Å². The van der Waals surface area contributed by atoms with Gasteiger partial charge in [0.25, 0.3) is 0 Å². The van der Waals surface area contributed by atoms with E-state index >= 15 is 0 Å². The Kier molecular flexibility index (Phi) is 3.03. The second-order valence-corrected chi connectivity index (χ2v) is 5.93. The van der Waals surface area contributed by atoms with Crippen LogP contribution in [-0.4, -0.2) is 35.0 Å². The zero-order chi connectivity index (χ0) is 12.6. The van der Waals surface area contributed by atoms with Crippen molar-refractivity contribution >= 4 is 5.82 Å². The second kappa shape index (κ2) is 4.55. The molecule has 1 saturated heterocycles. The third-order valence-corrected chi connectivity index (χ3v) is 4.26. The molecule has 0 spiro atoms. The molecule has 1 atom stereocenters. The molecular weight excluding hydrogens is 226 g/mol. The molecule has 0 amide bonds. The molecule has 2 heterocycles. The Hall–Kier alpha value is -1.07. The van der Waals surface area contributed by atoms with Gasteiger partial charge in [0.05, 0.1) is 12.2 Å². The van der Waals surface area contributed by atoms with Gasteiger partial charge in [-0.2, -0.15) is 5.10 Å². The van der Waals surface area contributed by atoms with Crippen LogP contribution in [0, 0.1) is 5.92 Å². The van der Waals surface area contributed by atoms with Crippen LogP contribution >= 0.6 is 0 Å². The minimum atomic E-state index is -0.00409. The van der Waals surface area contributed by atoms with Crippen molar-refractivity contribution in [1.29, 1.82) is 0 Å². The number of anilines is 1. The molecule has 1 aliphatic carbocycles. The summed E-state index contributed by atoms with van der Waals surface area (Å²) in [6, 6.07) is 2.55. The molecular formula is C13H23N5. The first-order valence-electron chi connectivity index (χ1n) is 6.94. The van der Waals surface area contributed by atoms with Crippen molar-refractivity contribution in [3.8, 4) is 0 Å². The Bertz CT molecular complexity index is 403. The number of nitrogens with one attached hydrogen (secondary N) is 2. The quantitative estimate of drug-likeness (QED) is 0.702. The van der Waals surface area contributed by atoms with Gasteiger partial charge in [0, 0.05) is 31.2 Å². The normalized spacial score (nSPS) is 23.4. The molecule has 1 unspecified atom stereocenters. The molecule has 100 valence electrons. The SMILES string of the molecule is CC(N)(CCNc1ccnn1C1CNC1)C1CC1. The van der Waals surface area contributed by atoms with Crippen molar-refractivity contribution in [3.63, 3.8) is 0 Å². The molecule has 0 aromatic carbocycles. The molecule has 1 aliphatic heterocycles. The van der Waals surface area contributed by atoms with Crippen molar-refractivity contribution in [2.75, 3.05) is 25.0 Å². The van der Waals surface area contributed by atoms with Gasteiger partial charge in [0.2, 0.25) is 0 Å². The standard InChI is InChI=1S/C13H23N5/c1-13(14,10-2-3-10)5-7-16-12-4-6-17-18(12)11-8-15-9-11/h4,6,10-11,15-16H,2-3,5,7-9,14H2,1H3. The molecule has 5 heteroatoms. The van der Waals surface area contributed by atoms with Crippen LogP contribution < -0.4 is 16.4 Å². The van der Waals surface area contributed by atoms with E-state index in [2.05, 4.69) is 27.3 Å². The van der Waals surface area contributed by atoms with Gasteiger partial charge in [-0.25, -0.2) is 4.68 Å². The summed E-state index contributed by atoms with van der Waals surface area (Å²) in [6.45, 7) is 5.15. The maximum atomic E-state index is 6.32. The van der Waals surface area contributed by atoms with Crippen molar-refractivity contribution in [2.45, 2.75) is 37.8 Å². The Morgan fingerprint density at radius 3 is 2.94 bits per heavy atom. The maximum absolute atomic E-state index is 6.32. The number of aromatic nitrogens is 2. The lowest BCUT2D eigenvalue weighted by Crippen LogP contribution is -2.44. The third kappa shape index (κ3) is 2.37. The van der Waals surface area contributed by atoms with Gasteiger partial charge in [0.15, 0.2) is 0 Å². The third-order valence-electron chi connectivity index (χ3n) is 4.26. The van der Waals surface area contributed by atoms with Crippen LogP contribution in [0.1, 0.15) is 32.2 Å². The number of nitrogens with zero attached hydrogens (tertiary/aromatic N) is 2. The van der Waals surface area contributed by atoms with E-state index in [1.807, 2.05) is 12.3 Å². The molecule has 1 aromatic rings. The van der Waals surface area contributed by atoms with E-state index in [1.54, 1.807) is 0 Å². The smallest absolute Gasteiger partial charge is 0.124 e.